The van der Waals surface area contributed by atoms with Gasteiger partial charge in [-0.3, -0.25) is 0 Å². The SMILES string of the molecule is CCN(C[C@@H]1CCOC1)C(=O)N[C@@H](C)c1ccc(Cl)s1. The van der Waals surface area contributed by atoms with Gasteiger partial charge in [0.25, 0.3) is 0 Å². The summed E-state index contributed by atoms with van der Waals surface area (Å²) in [5.74, 6) is 0.465. The van der Waals surface area contributed by atoms with Crippen LogP contribution in [0.1, 0.15) is 31.2 Å². The number of halogens is 1. The van der Waals surface area contributed by atoms with Crippen molar-refractivity contribution in [3.8, 4) is 0 Å². The van der Waals surface area contributed by atoms with Crippen LogP contribution in [0.25, 0.3) is 0 Å². The van der Waals surface area contributed by atoms with Crippen molar-refractivity contribution in [2.45, 2.75) is 26.3 Å². The molecule has 0 aliphatic carbocycles. The molecule has 1 aliphatic heterocycles. The molecule has 0 saturated carbocycles. The molecule has 2 amide bonds. The van der Waals surface area contributed by atoms with Gasteiger partial charge in [0.05, 0.1) is 17.0 Å². The van der Waals surface area contributed by atoms with E-state index < -0.39 is 0 Å². The molecule has 1 aromatic rings. The van der Waals surface area contributed by atoms with Gasteiger partial charge in [-0.05, 0) is 32.4 Å². The fraction of sp³-hybridized carbons (Fsp3) is 0.643. The van der Waals surface area contributed by atoms with Gasteiger partial charge in [-0.1, -0.05) is 11.6 Å². The topological polar surface area (TPSA) is 41.6 Å². The van der Waals surface area contributed by atoms with Gasteiger partial charge in [-0.25, -0.2) is 4.79 Å². The molecule has 1 saturated heterocycles. The van der Waals surface area contributed by atoms with Crippen molar-refractivity contribution in [1.29, 1.82) is 0 Å². The van der Waals surface area contributed by atoms with Gasteiger partial charge in [-0.2, -0.15) is 0 Å². The molecule has 0 unspecified atom stereocenters. The van der Waals surface area contributed by atoms with Crippen molar-refractivity contribution in [1.82, 2.24) is 10.2 Å². The predicted molar refractivity (Wildman–Crippen MR) is 82.4 cm³/mol. The number of rotatable bonds is 5. The molecule has 4 nitrogen and oxygen atoms in total. The summed E-state index contributed by atoms with van der Waals surface area (Å²) in [6, 6.07) is 3.78. The summed E-state index contributed by atoms with van der Waals surface area (Å²) in [6.07, 6.45) is 1.04. The Bertz CT molecular complexity index is 446. The van der Waals surface area contributed by atoms with E-state index >= 15 is 0 Å². The molecule has 2 heterocycles. The van der Waals surface area contributed by atoms with Crippen molar-refractivity contribution in [3.63, 3.8) is 0 Å². The zero-order valence-corrected chi connectivity index (χ0v) is 13.5. The average Bonchev–Trinajstić information content (AvgIpc) is 3.06. The largest absolute Gasteiger partial charge is 0.381 e. The van der Waals surface area contributed by atoms with Crippen LogP contribution in [0.3, 0.4) is 0 Å². The van der Waals surface area contributed by atoms with Crippen LogP contribution in [0.2, 0.25) is 4.34 Å². The second-order valence-corrected chi connectivity index (χ2v) is 6.83. The van der Waals surface area contributed by atoms with Gasteiger partial charge in [0, 0.05) is 30.5 Å². The highest BCUT2D eigenvalue weighted by Gasteiger charge is 2.22. The molecule has 1 fully saturated rings. The van der Waals surface area contributed by atoms with E-state index in [1.807, 2.05) is 30.9 Å². The third-order valence-electron chi connectivity index (χ3n) is 3.53. The number of carbonyl (C=O) groups excluding carboxylic acids is 1. The highest BCUT2D eigenvalue weighted by Crippen LogP contribution is 2.26. The molecule has 0 radical (unpaired) electrons. The van der Waals surface area contributed by atoms with Crippen LogP contribution in [0.4, 0.5) is 4.79 Å². The highest BCUT2D eigenvalue weighted by molar-refractivity contribution is 7.16. The lowest BCUT2D eigenvalue weighted by atomic mass is 10.1. The van der Waals surface area contributed by atoms with E-state index in [1.165, 1.54) is 11.3 Å². The van der Waals surface area contributed by atoms with Gasteiger partial charge < -0.3 is 15.0 Å². The quantitative estimate of drug-likeness (QED) is 0.903. The number of carbonyl (C=O) groups is 1. The maximum atomic E-state index is 12.3. The summed E-state index contributed by atoms with van der Waals surface area (Å²) in [5, 5.41) is 3.03. The third-order valence-corrected chi connectivity index (χ3v) is 4.95. The van der Waals surface area contributed by atoms with E-state index in [4.69, 9.17) is 16.3 Å². The molecule has 1 aliphatic rings. The number of ether oxygens (including phenoxy) is 1. The molecule has 0 bridgehead atoms. The zero-order valence-electron chi connectivity index (χ0n) is 11.9. The van der Waals surface area contributed by atoms with E-state index in [2.05, 4.69) is 5.32 Å². The van der Waals surface area contributed by atoms with Gasteiger partial charge >= 0.3 is 6.03 Å². The van der Waals surface area contributed by atoms with Crippen molar-refractivity contribution >= 4 is 29.0 Å². The molecule has 0 aromatic carbocycles. The smallest absolute Gasteiger partial charge is 0.317 e. The molecular formula is C14H21ClN2O2S. The standard InChI is InChI=1S/C14H21ClN2O2S/c1-3-17(8-11-6-7-19-9-11)14(18)16-10(2)12-4-5-13(15)20-12/h4-5,10-11H,3,6-9H2,1-2H3,(H,16,18)/t10-,11-/m0/s1. The Balaban J connectivity index is 1.87. The van der Waals surface area contributed by atoms with Crippen LogP contribution >= 0.6 is 22.9 Å². The van der Waals surface area contributed by atoms with Crippen LogP contribution in [0.15, 0.2) is 12.1 Å². The van der Waals surface area contributed by atoms with Crippen LogP contribution in [0, 0.1) is 5.92 Å². The molecule has 112 valence electrons. The predicted octanol–water partition coefficient (Wildman–Crippen LogP) is 3.53. The molecular weight excluding hydrogens is 296 g/mol. The Morgan fingerprint density at radius 1 is 1.65 bits per heavy atom. The lowest BCUT2D eigenvalue weighted by molar-refractivity contribution is 0.165. The van der Waals surface area contributed by atoms with E-state index in [9.17, 15) is 4.79 Å². The number of nitrogens with zero attached hydrogens (tertiary/aromatic N) is 1. The summed E-state index contributed by atoms with van der Waals surface area (Å²) in [4.78, 5) is 15.2. The summed E-state index contributed by atoms with van der Waals surface area (Å²) in [7, 11) is 0. The van der Waals surface area contributed by atoms with Crippen LogP contribution < -0.4 is 5.32 Å². The van der Waals surface area contributed by atoms with E-state index in [0.29, 0.717) is 12.5 Å². The normalized spacial score (nSPS) is 19.9. The molecule has 20 heavy (non-hydrogen) atoms. The minimum absolute atomic E-state index is 0.0172. The van der Waals surface area contributed by atoms with Gasteiger partial charge in [-0.15, -0.1) is 11.3 Å². The van der Waals surface area contributed by atoms with Crippen molar-refractivity contribution in [3.05, 3.63) is 21.3 Å². The van der Waals surface area contributed by atoms with E-state index in [-0.39, 0.29) is 12.1 Å². The van der Waals surface area contributed by atoms with Crippen molar-refractivity contribution < 1.29 is 9.53 Å². The Morgan fingerprint density at radius 2 is 2.45 bits per heavy atom. The monoisotopic (exact) mass is 316 g/mol. The first-order valence-electron chi connectivity index (χ1n) is 6.98. The zero-order chi connectivity index (χ0) is 14.5. The minimum Gasteiger partial charge on any atom is -0.381 e. The Morgan fingerprint density at radius 3 is 3.00 bits per heavy atom. The van der Waals surface area contributed by atoms with Gasteiger partial charge in [0.15, 0.2) is 0 Å². The minimum atomic E-state index is -0.0196. The average molecular weight is 317 g/mol. The fourth-order valence-electron chi connectivity index (χ4n) is 2.30. The number of thiophene rings is 1. The first-order valence-corrected chi connectivity index (χ1v) is 8.18. The number of hydrogen-bond donors (Lipinski definition) is 1. The summed E-state index contributed by atoms with van der Waals surface area (Å²) in [5.41, 5.74) is 0. The van der Waals surface area contributed by atoms with E-state index in [0.717, 1.165) is 35.4 Å². The van der Waals surface area contributed by atoms with Crippen LogP contribution in [-0.2, 0) is 4.74 Å². The third kappa shape index (κ3) is 4.11. The van der Waals surface area contributed by atoms with Crippen LogP contribution in [0.5, 0.6) is 0 Å². The summed E-state index contributed by atoms with van der Waals surface area (Å²) >= 11 is 7.43. The lowest BCUT2D eigenvalue weighted by Crippen LogP contribution is -2.43. The second-order valence-electron chi connectivity index (χ2n) is 5.08. The lowest BCUT2D eigenvalue weighted by Gasteiger charge is -2.25. The summed E-state index contributed by atoms with van der Waals surface area (Å²) in [6.45, 7) is 7.03. The fourth-order valence-corrected chi connectivity index (χ4v) is 3.37. The first kappa shape index (κ1) is 15.6. The highest BCUT2D eigenvalue weighted by atomic mass is 35.5. The molecule has 2 rings (SSSR count). The van der Waals surface area contributed by atoms with Crippen molar-refractivity contribution in [2.75, 3.05) is 26.3 Å². The maximum Gasteiger partial charge on any atom is 0.317 e. The van der Waals surface area contributed by atoms with Gasteiger partial charge in [0.2, 0.25) is 0 Å². The Kier molecular flexibility index (Phi) is 5.69. The van der Waals surface area contributed by atoms with Gasteiger partial charge in [0.1, 0.15) is 0 Å². The maximum absolute atomic E-state index is 12.3. The second kappa shape index (κ2) is 7.29. The van der Waals surface area contributed by atoms with Crippen molar-refractivity contribution in [2.24, 2.45) is 5.92 Å². The van der Waals surface area contributed by atoms with E-state index in [1.54, 1.807) is 0 Å². The number of amides is 2. The molecule has 2 atom stereocenters. The number of hydrogen-bond acceptors (Lipinski definition) is 3. The Hall–Kier alpha value is -0.780. The molecule has 6 heteroatoms. The number of urea groups is 1. The summed E-state index contributed by atoms with van der Waals surface area (Å²) < 4.78 is 6.11. The Labute approximate surface area is 129 Å². The number of nitrogens with one attached hydrogen (secondary N) is 1. The van der Waals surface area contributed by atoms with Crippen LogP contribution in [-0.4, -0.2) is 37.2 Å². The molecule has 1 N–H and O–H groups in total. The molecule has 0 spiro atoms. The first-order chi connectivity index (χ1) is 9.60. The molecule has 1 aromatic heterocycles.